The van der Waals surface area contributed by atoms with Gasteiger partial charge in [-0.05, 0) is 43.2 Å². The predicted molar refractivity (Wildman–Crippen MR) is 117 cm³/mol. The number of likely N-dealkylation sites (tertiary alicyclic amines) is 1. The summed E-state index contributed by atoms with van der Waals surface area (Å²) in [5.41, 5.74) is 1.21. The molecule has 10 heteroatoms. The molecule has 0 radical (unpaired) electrons. The molecule has 0 unspecified atom stereocenters. The Morgan fingerprint density at radius 3 is 2.65 bits per heavy atom. The lowest BCUT2D eigenvalue weighted by Crippen LogP contribution is -2.38. The van der Waals surface area contributed by atoms with Crippen molar-refractivity contribution in [3.63, 3.8) is 0 Å². The molecule has 9 nitrogen and oxygen atoms in total. The Labute approximate surface area is 182 Å². The van der Waals surface area contributed by atoms with Crippen LogP contribution in [0.15, 0.2) is 47.5 Å². The normalized spacial score (nSPS) is 17.3. The second-order valence-electron chi connectivity index (χ2n) is 7.74. The van der Waals surface area contributed by atoms with E-state index in [4.69, 9.17) is 5.14 Å². The standard InChI is InChI=1S/C21H27N5O4S/c1-14(16-5-4-6-19(11-16)31(22,29)30)24-20-8-7-17(12-23-20)21(28)26-10-9-18(13-26)25(3)15(2)27/h4-8,11-12,14,18H,9-10,13H2,1-3H3,(H,23,24)(H2,22,29,30)/t14-,18-/m0/s1. The second kappa shape index (κ2) is 9.03. The van der Waals surface area contributed by atoms with Crippen molar-refractivity contribution in [3.05, 3.63) is 53.7 Å². The van der Waals surface area contributed by atoms with Crippen LogP contribution in [0.4, 0.5) is 5.82 Å². The smallest absolute Gasteiger partial charge is 0.255 e. The van der Waals surface area contributed by atoms with Crippen LogP contribution in [-0.4, -0.2) is 61.2 Å². The van der Waals surface area contributed by atoms with E-state index >= 15 is 0 Å². The largest absolute Gasteiger partial charge is 0.364 e. The van der Waals surface area contributed by atoms with Gasteiger partial charge in [0.1, 0.15) is 5.82 Å². The highest BCUT2D eigenvalue weighted by atomic mass is 32.2. The van der Waals surface area contributed by atoms with Crippen LogP contribution in [0.1, 0.15) is 42.2 Å². The average molecular weight is 446 g/mol. The highest BCUT2D eigenvalue weighted by Crippen LogP contribution is 2.22. The third kappa shape index (κ3) is 5.39. The van der Waals surface area contributed by atoms with E-state index in [2.05, 4.69) is 10.3 Å². The number of nitrogens with two attached hydrogens (primary N) is 1. The van der Waals surface area contributed by atoms with Crippen molar-refractivity contribution in [3.8, 4) is 0 Å². The highest BCUT2D eigenvalue weighted by Gasteiger charge is 2.30. The van der Waals surface area contributed by atoms with Crippen molar-refractivity contribution in [2.75, 3.05) is 25.5 Å². The Hall–Kier alpha value is -2.98. The van der Waals surface area contributed by atoms with Gasteiger partial charge in [-0.1, -0.05) is 12.1 Å². The number of primary sulfonamides is 1. The Morgan fingerprint density at radius 2 is 2.03 bits per heavy atom. The molecule has 1 aromatic heterocycles. The van der Waals surface area contributed by atoms with Gasteiger partial charge in [0.15, 0.2) is 0 Å². The molecule has 2 heterocycles. The third-order valence-corrected chi connectivity index (χ3v) is 6.47. The second-order valence-corrected chi connectivity index (χ2v) is 9.30. The van der Waals surface area contributed by atoms with Gasteiger partial charge < -0.3 is 15.1 Å². The maximum atomic E-state index is 12.8. The molecule has 1 aromatic carbocycles. The fraction of sp³-hybridized carbons (Fsp3) is 0.381. The van der Waals surface area contributed by atoms with Gasteiger partial charge in [-0.2, -0.15) is 0 Å². The summed E-state index contributed by atoms with van der Waals surface area (Å²) < 4.78 is 23.1. The van der Waals surface area contributed by atoms with Crippen molar-refractivity contribution in [1.82, 2.24) is 14.8 Å². The number of anilines is 1. The summed E-state index contributed by atoms with van der Waals surface area (Å²) in [4.78, 5) is 32.1. The van der Waals surface area contributed by atoms with Gasteiger partial charge in [0, 0.05) is 39.3 Å². The van der Waals surface area contributed by atoms with Crippen molar-refractivity contribution < 1.29 is 18.0 Å². The van der Waals surface area contributed by atoms with Gasteiger partial charge >= 0.3 is 0 Å². The molecule has 2 atom stereocenters. The van der Waals surface area contributed by atoms with E-state index in [-0.39, 0.29) is 28.8 Å². The third-order valence-electron chi connectivity index (χ3n) is 5.56. The number of sulfonamides is 1. The van der Waals surface area contributed by atoms with Crippen molar-refractivity contribution in [2.45, 2.75) is 37.2 Å². The van der Waals surface area contributed by atoms with E-state index < -0.39 is 10.0 Å². The number of benzene rings is 1. The van der Waals surface area contributed by atoms with Crippen molar-refractivity contribution in [1.29, 1.82) is 0 Å². The van der Waals surface area contributed by atoms with Gasteiger partial charge in [0.25, 0.3) is 5.91 Å². The monoisotopic (exact) mass is 445 g/mol. The molecule has 166 valence electrons. The number of carbonyl (C=O) groups excluding carboxylic acids is 2. The number of hydrogen-bond acceptors (Lipinski definition) is 6. The molecule has 3 N–H and O–H groups in total. The van der Waals surface area contributed by atoms with Gasteiger partial charge in [0.2, 0.25) is 15.9 Å². The summed E-state index contributed by atoms with van der Waals surface area (Å²) in [5.74, 6) is 0.424. The molecule has 2 amide bonds. The van der Waals surface area contributed by atoms with Crippen LogP contribution in [0.5, 0.6) is 0 Å². The zero-order chi connectivity index (χ0) is 22.8. The van der Waals surface area contributed by atoms with Crippen LogP contribution in [0.2, 0.25) is 0 Å². The lowest BCUT2D eigenvalue weighted by molar-refractivity contribution is -0.129. The van der Waals surface area contributed by atoms with E-state index in [0.717, 1.165) is 12.0 Å². The first-order valence-electron chi connectivity index (χ1n) is 9.94. The molecular weight excluding hydrogens is 418 g/mol. The summed E-state index contributed by atoms with van der Waals surface area (Å²) in [7, 11) is -2.02. The SMILES string of the molecule is CC(=O)N(C)[C@H]1CCN(C(=O)c2ccc(N[C@@H](C)c3cccc(S(N)(=O)=O)c3)nc2)C1. The number of aromatic nitrogens is 1. The van der Waals surface area contributed by atoms with Gasteiger partial charge in [-0.25, -0.2) is 18.5 Å². The minimum Gasteiger partial charge on any atom is -0.364 e. The Kier molecular flexibility index (Phi) is 6.61. The number of likely N-dealkylation sites (N-methyl/N-ethyl adjacent to an activating group) is 1. The van der Waals surface area contributed by atoms with Gasteiger partial charge in [-0.15, -0.1) is 0 Å². The Bertz CT molecular complexity index is 1070. The first kappa shape index (κ1) is 22.7. The molecule has 3 rings (SSSR count). The number of amides is 2. The number of carbonyl (C=O) groups is 2. The number of hydrogen-bond donors (Lipinski definition) is 2. The molecule has 0 bridgehead atoms. The Morgan fingerprint density at radius 1 is 1.29 bits per heavy atom. The molecule has 1 aliphatic rings. The van der Waals surface area contributed by atoms with Crippen LogP contribution >= 0.6 is 0 Å². The topological polar surface area (TPSA) is 126 Å². The van der Waals surface area contributed by atoms with E-state index in [9.17, 15) is 18.0 Å². The number of pyridine rings is 1. The summed E-state index contributed by atoms with van der Waals surface area (Å²) in [6.45, 7) is 4.50. The highest BCUT2D eigenvalue weighted by molar-refractivity contribution is 7.89. The summed E-state index contributed by atoms with van der Waals surface area (Å²) in [5, 5.41) is 8.39. The molecule has 0 aliphatic carbocycles. The van der Waals surface area contributed by atoms with Crippen LogP contribution in [-0.2, 0) is 14.8 Å². The minimum absolute atomic E-state index is 0.0138. The lowest BCUT2D eigenvalue weighted by Gasteiger charge is -2.23. The first-order valence-corrected chi connectivity index (χ1v) is 11.5. The van der Waals surface area contributed by atoms with E-state index in [1.165, 1.54) is 25.3 Å². The minimum atomic E-state index is -3.78. The van der Waals surface area contributed by atoms with Crippen LogP contribution in [0, 0.1) is 0 Å². The maximum Gasteiger partial charge on any atom is 0.255 e. The summed E-state index contributed by atoms with van der Waals surface area (Å²) >= 11 is 0. The Balaban J connectivity index is 1.64. The summed E-state index contributed by atoms with van der Waals surface area (Å²) in [6.07, 6.45) is 2.27. The van der Waals surface area contributed by atoms with Crippen LogP contribution in [0.3, 0.4) is 0 Å². The fourth-order valence-electron chi connectivity index (χ4n) is 3.55. The molecule has 1 aliphatic heterocycles. The van der Waals surface area contributed by atoms with E-state index in [1.54, 1.807) is 41.1 Å². The molecule has 0 saturated carbocycles. The molecular formula is C21H27N5O4S. The molecule has 31 heavy (non-hydrogen) atoms. The van der Waals surface area contributed by atoms with E-state index in [0.29, 0.717) is 24.5 Å². The summed E-state index contributed by atoms with van der Waals surface area (Å²) in [6, 6.07) is 9.62. The number of nitrogens with zero attached hydrogens (tertiary/aromatic N) is 3. The van der Waals surface area contributed by atoms with Crippen molar-refractivity contribution >= 4 is 27.7 Å². The van der Waals surface area contributed by atoms with Crippen molar-refractivity contribution in [2.24, 2.45) is 5.14 Å². The quantitative estimate of drug-likeness (QED) is 0.696. The average Bonchev–Trinajstić information content (AvgIpc) is 3.22. The maximum absolute atomic E-state index is 12.8. The van der Waals surface area contributed by atoms with Crippen LogP contribution < -0.4 is 10.5 Å². The van der Waals surface area contributed by atoms with E-state index in [1.807, 2.05) is 6.92 Å². The van der Waals surface area contributed by atoms with Gasteiger partial charge in [0.05, 0.1) is 16.5 Å². The molecule has 1 fully saturated rings. The molecule has 1 saturated heterocycles. The number of nitrogens with one attached hydrogen (secondary N) is 1. The zero-order valence-corrected chi connectivity index (χ0v) is 18.6. The predicted octanol–water partition coefficient (Wildman–Crippen LogP) is 1.59. The zero-order valence-electron chi connectivity index (χ0n) is 17.8. The van der Waals surface area contributed by atoms with Crippen LogP contribution in [0.25, 0.3) is 0 Å². The number of rotatable bonds is 6. The first-order chi connectivity index (χ1) is 14.6. The molecule has 0 spiro atoms. The molecule has 2 aromatic rings. The van der Waals surface area contributed by atoms with Gasteiger partial charge in [-0.3, -0.25) is 9.59 Å². The fourth-order valence-corrected chi connectivity index (χ4v) is 4.12. The lowest BCUT2D eigenvalue weighted by atomic mass is 10.1.